The molecular weight excluding hydrogens is 526 g/mol. The lowest BCUT2D eigenvalue weighted by Gasteiger charge is -2.35. The molecule has 0 radical (unpaired) electrons. The lowest BCUT2D eigenvalue weighted by molar-refractivity contribution is -0.136. The number of anilines is 1. The van der Waals surface area contributed by atoms with Crippen molar-refractivity contribution < 1.29 is 23.9 Å². The Kier molecular flexibility index (Phi) is 9.81. The fourth-order valence-corrected chi connectivity index (χ4v) is 4.34. The molecule has 4 N–H and O–H groups in total. The highest BCUT2D eigenvalue weighted by atomic mass is 16.6. The average Bonchev–Trinajstić information content (AvgIpc) is 3.00. The summed E-state index contributed by atoms with van der Waals surface area (Å²) in [4.78, 5) is 62.6. The van der Waals surface area contributed by atoms with Crippen molar-refractivity contribution in [3.63, 3.8) is 0 Å². The van der Waals surface area contributed by atoms with Gasteiger partial charge >= 0.3 is 6.09 Å². The number of carbonyl (C=O) groups is 4. The first-order chi connectivity index (χ1) is 19.8. The summed E-state index contributed by atoms with van der Waals surface area (Å²) >= 11 is 0. The third-order valence-electron chi connectivity index (χ3n) is 6.43. The molecule has 3 aromatic rings. The Labute approximate surface area is 237 Å². The highest BCUT2D eigenvalue weighted by Crippen LogP contribution is 2.19. The third kappa shape index (κ3) is 8.01. The summed E-state index contributed by atoms with van der Waals surface area (Å²) < 4.78 is 5.02. The molecule has 2 aromatic carbocycles. The van der Waals surface area contributed by atoms with Crippen molar-refractivity contribution >= 4 is 29.6 Å². The van der Waals surface area contributed by atoms with Crippen LogP contribution in [0.2, 0.25) is 0 Å². The molecule has 4 amide bonds. The number of primary amides is 1. The van der Waals surface area contributed by atoms with E-state index < -0.39 is 36.3 Å². The number of nitrogens with zero attached hydrogens (tertiary/aromatic N) is 4. The molecule has 41 heavy (non-hydrogen) atoms. The summed E-state index contributed by atoms with van der Waals surface area (Å²) in [5.41, 5.74) is 7.17. The van der Waals surface area contributed by atoms with Crippen LogP contribution in [0, 0.1) is 0 Å². The second kappa shape index (κ2) is 13.9. The van der Waals surface area contributed by atoms with E-state index in [2.05, 4.69) is 20.6 Å². The predicted molar refractivity (Wildman–Crippen MR) is 151 cm³/mol. The van der Waals surface area contributed by atoms with Gasteiger partial charge in [0.1, 0.15) is 17.6 Å². The first-order valence-corrected chi connectivity index (χ1v) is 13.4. The molecule has 4 rings (SSSR count). The Morgan fingerprint density at radius 2 is 1.56 bits per heavy atom. The Morgan fingerprint density at radius 3 is 2.20 bits per heavy atom. The molecule has 2 heterocycles. The number of hydrogen-bond donors (Lipinski definition) is 3. The van der Waals surface area contributed by atoms with Crippen molar-refractivity contribution in [2.75, 3.05) is 38.1 Å². The molecule has 0 aliphatic carbocycles. The van der Waals surface area contributed by atoms with Crippen LogP contribution in [0.4, 0.5) is 10.6 Å². The topological polar surface area (TPSA) is 160 Å². The van der Waals surface area contributed by atoms with Crippen LogP contribution in [0.5, 0.6) is 0 Å². The van der Waals surface area contributed by atoms with Gasteiger partial charge in [-0.3, -0.25) is 14.4 Å². The van der Waals surface area contributed by atoms with Gasteiger partial charge in [-0.25, -0.2) is 14.8 Å². The number of carbonyl (C=O) groups excluding carboxylic acids is 4. The van der Waals surface area contributed by atoms with E-state index in [1.807, 2.05) is 60.7 Å². The SMILES string of the molecule is CCOC(=O)N1CCN(C(=O)C(CC(N)=O)NC(=O)c2cc(NCc3ccccc3)nc(-c3ccccc3)n2)CC1. The molecular formula is C29H33N7O5. The van der Waals surface area contributed by atoms with Crippen LogP contribution in [-0.4, -0.2) is 82.4 Å². The Hall–Kier alpha value is -5.00. The van der Waals surface area contributed by atoms with Crippen LogP contribution in [0.3, 0.4) is 0 Å². The third-order valence-corrected chi connectivity index (χ3v) is 6.43. The number of aromatic nitrogens is 2. The van der Waals surface area contributed by atoms with E-state index in [0.717, 1.165) is 5.56 Å². The maximum atomic E-state index is 13.4. The monoisotopic (exact) mass is 559 g/mol. The van der Waals surface area contributed by atoms with Crippen molar-refractivity contribution in [1.29, 1.82) is 0 Å². The fraction of sp³-hybridized carbons (Fsp3) is 0.310. The highest BCUT2D eigenvalue weighted by molar-refractivity contribution is 5.98. The molecule has 12 heteroatoms. The Balaban J connectivity index is 1.52. The van der Waals surface area contributed by atoms with Crippen LogP contribution in [0.15, 0.2) is 66.7 Å². The van der Waals surface area contributed by atoms with Crippen LogP contribution in [0.1, 0.15) is 29.4 Å². The van der Waals surface area contributed by atoms with Gasteiger partial charge in [0.05, 0.1) is 13.0 Å². The largest absolute Gasteiger partial charge is 0.450 e. The van der Waals surface area contributed by atoms with Crippen LogP contribution in [-0.2, 0) is 20.9 Å². The first-order valence-electron chi connectivity index (χ1n) is 13.4. The van der Waals surface area contributed by atoms with Gasteiger partial charge in [0.2, 0.25) is 11.8 Å². The van der Waals surface area contributed by atoms with Gasteiger partial charge in [0, 0.05) is 44.4 Å². The molecule has 1 aliphatic rings. The number of amides is 4. The van der Waals surface area contributed by atoms with Gasteiger partial charge in [-0.1, -0.05) is 60.7 Å². The van der Waals surface area contributed by atoms with Gasteiger partial charge in [0.15, 0.2) is 5.82 Å². The van der Waals surface area contributed by atoms with E-state index in [0.29, 0.717) is 23.8 Å². The summed E-state index contributed by atoms with van der Waals surface area (Å²) in [5.74, 6) is -1.13. The van der Waals surface area contributed by atoms with Crippen molar-refractivity contribution in [2.24, 2.45) is 5.73 Å². The molecule has 1 fully saturated rings. The summed E-state index contributed by atoms with van der Waals surface area (Å²) in [6, 6.07) is 19.2. The number of nitrogens with one attached hydrogen (secondary N) is 2. The molecule has 1 saturated heterocycles. The molecule has 1 unspecified atom stereocenters. The molecule has 214 valence electrons. The van der Waals surface area contributed by atoms with Crippen LogP contribution in [0.25, 0.3) is 11.4 Å². The predicted octanol–water partition coefficient (Wildman–Crippen LogP) is 2.03. The molecule has 1 atom stereocenters. The van der Waals surface area contributed by atoms with Crippen LogP contribution >= 0.6 is 0 Å². The number of piperazine rings is 1. The van der Waals surface area contributed by atoms with Crippen molar-refractivity contribution in [3.8, 4) is 11.4 Å². The normalized spacial score (nSPS) is 13.7. The summed E-state index contributed by atoms with van der Waals surface area (Å²) in [6.45, 7) is 3.42. The number of ether oxygens (including phenoxy) is 1. The zero-order valence-electron chi connectivity index (χ0n) is 22.8. The molecule has 0 bridgehead atoms. The number of hydrogen-bond acceptors (Lipinski definition) is 8. The lowest BCUT2D eigenvalue weighted by Crippen LogP contribution is -2.56. The second-order valence-corrected chi connectivity index (χ2v) is 9.37. The van der Waals surface area contributed by atoms with Crippen LogP contribution < -0.4 is 16.4 Å². The van der Waals surface area contributed by atoms with Crippen molar-refractivity contribution in [2.45, 2.75) is 25.9 Å². The number of benzene rings is 2. The van der Waals surface area contributed by atoms with Gasteiger partial charge < -0.3 is 30.9 Å². The zero-order valence-corrected chi connectivity index (χ0v) is 22.8. The van der Waals surface area contributed by atoms with E-state index in [9.17, 15) is 19.2 Å². The lowest BCUT2D eigenvalue weighted by atomic mass is 10.1. The smallest absolute Gasteiger partial charge is 0.409 e. The number of rotatable bonds is 10. The quantitative estimate of drug-likeness (QED) is 0.340. The maximum Gasteiger partial charge on any atom is 0.409 e. The minimum absolute atomic E-state index is 0.0174. The van der Waals surface area contributed by atoms with E-state index in [4.69, 9.17) is 10.5 Å². The van der Waals surface area contributed by atoms with E-state index >= 15 is 0 Å². The summed E-state index contributed by atoms with van der Waals surface area (Å²) in [7, 11) is 0. The maximum absolute atomic E-state index is 13.4. The van der Waals surface area contributed by atoms with Gasteiger partial charge in [-0.2, -0.15) is 0 Å². The zero-order chi connectivity index (χ0) is 29.2. The Morgan fingerprint density at radius 1 is 0.927 bits per heavy atom. The molecule has 0 saturated carbocycles. The molecule has 1 aromatic heterocycles. The molecule has 12 nitrogen and oxygen atoms in total. The fourth-order valence-electron chi connectivity index (χ4n) is 4.34. The molecule has 0 spiro atoms. The summed E-state index contributed by atoms with van der Waals surface area (Å²) in [6.07, 6.45) is -0.838. The molecule has 1 aliphatic heterocycles. The standard InChI is InChI=1S/C29H33N7O5/c1-2-41-29(40)36-15-13-35(14-16-36)28(39)23(17-24(30)37)33-27(38)22-18-25(31-19-20-9-5-3-6-10-20)34-26(32-22)21-11-7-4-8-12-21/h3-12,18,23H,2,13-17,19H2,1H3,(H2,30,37)(H,33,38)(H,31,32,34). The Bertz CT molecular complexity index is 1360. The second-order valence-electron chi connectivity index (χ2n) is 9.37. The van der Waals surface area contributed by atoms with Crippen molar-refractivity contribution in [1.82, 2.24) is 25.1 Å². The van der Waals surface area contributed by atoms with Gasteiger partial charge in [-0.05, 0) is 12.5 Å². The highest BCUT2D eigenvalue weighted by Gasteiger charge is 2.32. The average molecular weight is 560 g/mol. The van der Waals surface area contributed by atoms with E-state index in [1.54, 1.807) is 6.92 Å². The summed E-state index contributed by atoms with van der Waals surface area (Å²) in [5, 5.41) is 5.87. The van der Waals surface area contributed by atoms with E-state index in [-0.39, 0.29) is 38.5 Å². The minimum Gasteiger partial charge on any atom is -0.450 e. The first kappa shape index (κ1) is 29.0. The van der Waals surface area contributed by atoms with Crippen molar-refractivity contribution in [3.05, 3.63) is 78.0 Å². The minimum atomic E-state index is -1.20. The van der Waals surface area contributed by atoms with Gasteiger partial charge in [0.25, 0.3) is 5.91 Å². The van der Waals surface area contributed by atoms with Gasteiger partial charge in [-0.15, -0.1) is 0 Å². The van der Waals surface area contributed by atoms with E-state index in [1.165, 1.54) is 15.9 Å². The number of nitrogens with two attached hydrogens (primary N) is 1.